The van der Waals surface area contributed by atoms with Gasteiger partial charge in [0.05, 0.1) is 19.6 Å². The van der Waals surface area contributed by atoms with Crippen LogP contribution in [0.2, 0.25) is 0 Å². The van der Waals surface area contributed by atoms with Gasteiger partial charge in [-0.15, -0.1) is 5.10 Å². The van der Waals surface area contributed by atoms with E-state index in [1.54, 1.807) is 32.4 Å². The molecule has 0 aliphatic carbocycles. The maximum Gasteiger partial charge on any atom is 0.277 e. The molecule has 0 atom stereocenters. The van der Waals surface area contributed by atoms with Crippen LogP contribution in [-0.2, 0) is 17.8 Å². The Morgan fingerprint density at radius 2 is 1.90 bits per heavy atom. The molecule has 0 saturated heterocycles. The van der Waals surface area contributed by atoms with Gasteiger partial charge in [0.25, 0.3) is 5.56 Å². The fourth-order valence-corrected chi connectivity index (χ4v) is 3.03. The van der Waals surface area contributed by atoms with Crippen molar-refractivity contribution in [1.29, 1.82) is 0 Å². The molecule has 0 unspecified atom stereocenters. The minimum atomic E-state index is -0.190. The zero-order valence-corrected chi connectivity index (χ0v) is 16.6. The Hall–Kier alpha value is -3.42. The number of ether oxygens (including phenoxy) is 2. The van der Waals surface area contributed by atoms with Gasteiger partial charge in [0.1, 0.15) is 5.52 Å². The molecular formula is C21H24N4O4. The maximum absolute atomic E-state index is 12.4. The lowest BCUT2D eigenvalue weighted by atomic mass is 10.1. The van der Waals surface area contributed by atoms with Crippen LogP contribution < -0.4 is 20.3 Å². The number of rotatable bonds is 9. The first kappa shape index (κ1) is 20.3. The standard InChI is InChI=1S/C21H24N4O4/c1-28-18-10-9-15(14-19(18)29-2)11-12-22-20(26)8-5-13-25-21(27)16-6-3-4-7-17(16)23-24-25/h3-4,6-7,9-10,14H,5,8,11-13H2,1-2H3,(H,22,26). The second-order valence-electron chi connectivity index (χ2n) is 6.53. The molecule has 3 rings (SSSR count). The summed E-state index contributed by atoms with van der Waals surface area (Å²) in [5.41, 5.74) is 1.42. The van der Waals surface area contributed by atoms with Gasteiger partial charge in [-0.3, -0.25) is 9.59 Å². The number of amides is 1. The quantitative estimate of drug-likeness (QED) is 0.594. The van der Waals surface area contributed by atoms with Crippen molar-refractivity contribution in [1.82, 2.24) is 20.3 Å². The number of aryl methyl sites for hydroxylation is 1. The predicted octanol–water partition coefficient (Wildman–Crippen LogP) is 1.95. The lowest BCUT2D eigenvalue weighted by Gasteiger charge is -2.10. The van der Waals surface area contributed by atoms with Crippen LogP contribution in [0.3, 0.4) is 0 Å². The Morgan fingerprint density at radius 1 is 1.10 bits per heavy atom. The molecule has 1 amide bonds. The van der Waals surface area contributed by atoms with E-state index in [1.165, 1.54) is 4.68 Å². The summed E-state index contributed by atoms with van der Waals surface area (Å²) in [4.78, 5) is 24.4. The average Bonchev–Trinajstić information content (AvgIpc) is 2.75. The molecule has 29 heavy (non-hydrogen) atoms. The van der Waals surface area contributed by atoms with Crippen molar-refractivity contribution in [2.24, 2.45) is 0 Å². The highest BCUT2D eigenvalue weighted by molar-refractivity contribution is 5.76. The Kier molecular flexibility index (Phi) is 6.78. The molecule has 1 aromatic heterocycles. The highest BCUT2D eigenvalue weighted by atomic mass is 16.5. The van der Waals surface area contributed by atoms with Crippen LogP contribution >= 0.6 is 0 Å². The first-order valence-electron chi connectivity index (χ1n) is 9.42. The molecule has 0 aliphatic rings. The fraction of sp³-hybridized carbons (Fsp3) is 0.333. The van der Waals surface area contributed by atoms with E-state index in [4.69, 9.17) is 9.47 Å². The SMILES string of the molecule is COc1ccc(CCNC(=O)CCCn2nnc3ccccc3c2=O)cc1OC. The fourth-order valence-electron chi connectivity index (χ4n) is 3.03. The highest BCUT2D eigenvalue weighted by Crippen LogP contribution is 2.27. The van der Waals surface area contributed by atoms with Crippen molar-refractivity contribution in [3.8, 4) is 11.5 Å². The van der Waals surface area contributed by atoms with Crippen LogP contribution in [0.4, 0.5) is 0 Å². The van der Waals surface area contributed by atoms with Crippen LogP contribution in [0.1, 0.15) is 18.4 Å². The number of benzene rings is 2. The molecule has 1 N–H and O–H groups in total. The minimum Gasteiger partial charge on any atom is -0.493 e. The van der Waals surface area contributed by atoms with Crippen LogP contribution in [0.5, 0.6) is 11.5 Å². The molecule has 1 heterocycles. The summed E-state index contributed by atoms with van der Waals surface area (Å²) < 4.78 is 11.8. The summed E-state index contributed by atoms with van der Waals surface area (Å²) in [6, 6.07) is 12.8. The molecular weight excluding hydrogens is 372 g/mol. The third-order valence-corrected chi connectivity index (χ3v) is 4.59. The van der Waals surface area contributed by atoms with Gasteiger partial charge in [0.15, 0.2) is 11.5 Å². The van der Waals surface area contributed by atoms with E-state index in [0.29, 0.717) is 54.8 Å². The van der Waals surface area contributed by atoms with Crippen molar-refractivity contribution in [3.05, 3.63) is 58.4 Å². The molecule has 2 aromatic carbocycles. The molecule has 8 heteroatoms. The Balaban J connectivity index is 1.45. The van der Waals surface area contributed by atoms with E-state index in [9.17, 15) is 9.59 Å². The molecule has 0 bridgehead atoms. The van der Waals surface area contributed by atoms with Crippen molar-refractivity contribution in [2.75, 3.05) is 20.8 Å². The van der Waals surface area contributed by atoms with E-state index < -0.39 is 0 Å². The van der Waals surface area contributed by atoms with E-state index in [1.807, 2.05) is 24.3 Å². The number of methoxy groups -OCH3 is 2. The third kappa shape index (κ3) is 5.10. The molecule has 0 radical (unpaired) electrons. The van der Waals surface area contributed by atoms with Crippen LogP contribution in [0.15, 0.2) is 47.3 Å². The second-order valence-corrected chi connectivity index (χ2v) is 6.53. The molecule has 3 aromatic rings. The monoisotopic (exact) mass is 396 g/mol. The zero-order chi connectivity index (χ0) is 20.6. The smallest absolute Gasteiger partial charge is 0.277 e. The Labute approximate surface area is 168 Å². The number of carbonyl (C=O) groups is 1. The van der Waals surface area contributed by atoms with Gasteiger partial charge < -0.3 is 14.8 Å². The summed E-state index contributed by atoms with van der Waals surface area (Å²) in [5, 5.41) is 11.4. The van der Waals surface area contributed by atoms with Crippen LogP contribution in [-0.4, -0.2) is 41.7 Å². The summed E-state index contributed by atoms with van der Waals surface area (Å²) in [7, 11) is 3.18. The third-order valence-electron chi connectivity index (χ3n) is 4.59. The van der Waals surface area contributed by atoms with Crippen molar-refractivity contribution >= 4 is 16.8 Å². The van der Waals surface area contributed by atoms with Gasteiger partial charge >= 0.3 is 0 Å². The van der Waals surface area contributed by atoms with Gasteiger partial charge in [-0.1, -0.05) is 23.4 Å². The van der Waals surface area contributed by atoms with E-state index in [2.05, 4.69) is 15.6 Å². The summed E-state index contributed by atoms with van der Waals surface area (Å²) in [6.07, 6.45) is 1.50. The predicted molar refractivity (Wildman–Crippen MR) is 109 cm³/mol. The summed E-state index contributed by atoms with van der Waals surface area (Å²) in [6.45, 7) is 0.865. The first-order valence-corrected chi connectivity index (χ1v) is 9.42. The van der Waals surface area contributed by atoms with Gasteiger partial charge in [0.2, 0.25) is 5.91 Å². The van der Waals surface area contributed by atoms with Gasteiger partial charge in [-0.25, -0.2) is 4.68 Å². The van der Waals surface area contributed by atoms with E-state index >= 15 is 0 Å². The Bertz CT molecular complexity index is 1050. The largest absolute Gasteiger partial charge is 0.493 e. The number of nitrogens with zero attached hydrogens (tertiary/aromatic N) is 3. The number of carbonyl (C=O) groups excluding carboxylic acids is 1. The molecule has 8 nitrogen and oxygen atoms in total. The second kappa shape index (κ2) is 9.68. The summed E-state index contributed by atoms with van der Waals surface area (Å²) >= 11 is 0. The summed E-state index contributed by atoms with van der Waals surface area (Å²) in [5.74, 6) is 1.28. The molecule has 152 valence electrons. The number of aromatic nitrogens is 3. The number of hydrogen-bond donors (Lipinski definition) is 1. The van der Waals surface area contributed by atoms with E-state index in [0.717, 1.165) is 5.56 Å². The topological polar surface area (TPSA) is 95.3 Å². The molecule has 0 saturated carbocycles. The molecule has 0 spiro atoms. The molecule has 0 fully saturated rings. The zero-order valence-electron chi connectivity index (χ0n) is 16.6. The average molecular weight is 396 g/mol. The highest BCUT2D eigenvalue weighted by Gasteiger charge is 2.08. The maximum atomic E-state index is 12.4. The molecule has 0 aliphatic heterocycles. The van der Waals surface area contributed by atoms with Crippen molar-refractivity contribution < 1.29 is 14.3 Å². The number of hydrogen-bond acceptors (Lipinski definition) is 6. The normalized spacial score (nSPS) is 10.7. The van der Waals surface area contributed by atoms with Crippen molar-refractivity contribution in [3.63, 3.8) is 0 Å². The van der Waals surface area contributed by atoms with Gasteiger partial charge in [-0.05, 0) is 42.7 Å². The van der Waals surface area contributed by atoms with Crippen molar-refractivity contribution in [2.45, 2.75) is 25.8 Å². The lowest BCUT2D eigenvalue weighted by molar-refractivity contribution is -0.121. The van der Waals surface area contributed by atoms with Crippen LogP contribution in [0.25, 0.3) is 10.9 Å². The number of fused-ring (bicyclic) bond motifs is 1. The van der Waals surface area contributed by atoms with Gasteiger partial charge in [-0.2, -0.15) is 0 Å². The van der Waals surface area contributed by atoms with Crippen LogP contribution in [0, 0.1) is 0 Å². The first-order chi connectivity index (χ1) is 14.1. The lowest BCUT2D eigenvalue weighted by Crippen LogP contribution is -2.27. The van der Waals surface area contributed by atoms with Gasteiger partial charge in [0, 0.05) is 19.5 Å². The van der Waals surface area contributed by atoms with E-state index in [-0.39, 0.29) is 11.5 Å². The number of nitrogens with one attached hydrogen (secondary N) is 1. The Morgan fingerprint density at radius 3 is 2.69 bits per heavy atom. The minimum absolute atomic E-state index is 0.0627.